The molecule has 0 aromatic heterocycles. The van der Waals surface area contributed by atoms with Crippen LogP contribution in [0.2, 0.25) is 10.0 Å². The first-order valence-electron chi connectivity index (χ1n) is 8.61. The van der Waals surface area contributed by atoms with Crippen LogP contribution in [-0.2, 0) is 21.4 Å². The zero-order valence-corrected chi connectivity index (χ0v) is 19.0. The van der Waals surface area contributed by atoms with Crippen molar-refractivity contribution in [1.82, 2.24) is 9.62 Å². The van der Waals surface area contributed by atoms with E-state index in [0.717, 1.165) is 12.1 Å². The van der Waals surface area contributed by atoms with Crippen molar-refractivity contribution in [1.29, 1.82) is 0 Å². The van der Waals surface area contributed by atoms with Crippen LogP contribution in [0.25, 0.3) is 0 Å². The van der Waals surface area contributed by atoms with Crippen LogP contribution in [0.15, 0.2) is 47.4 Å². The second kappa shape index (κ2) is 10.6. The number of sulfonamides is 1. The molecule has 0 saturated carbocycles. The van der Waals surface area contributed by atoms with Gasteiger partial charge in [0, 0.05) is 13.6 Å². The molecule has 1 unspecified atom stereocenters. The Balaban J connectivity index is 2.23. The largest absolute Gasteiger partial charge is 0.340 e. The van der Waals surface area contributed by atoms with Gasteiger partial charge in [-0.25, -0.2) is 12.8 Å². The molecular formula is C19H21Cl2FN2O3S2. The van der Waals surface area contributed by atoms with Gasteiger partial charge in [0.05, 0.1) is 10.0 Å². The Labute approximate surface area is 184 Å². The number of hydrogen-bond acceptors (Lipinski definition) is 4. The summed E-state index contributed by atoms with van der Waals surface area (Å²) in [6, 6.07) is 9.07. The number of amides is 1. The van der Waals surface area contributed by atoms with Gasteiger partial charge in [-0.05, 0) is 42.2 Å². The Morgan fingerprint density at radius 3 is 2.55 bits per heavy atom. The molecule has 1 N–H and O–H groups in total. The minimum absolute atomic E-state index is 0.148. The van der Waals surface area contributed by atoms with Gasteiger partial charge >= 0.3 is 0 Å². The number of thioether (sulfide) groups is 1. The molecule has 29 heavy (non-hydrogen) atoms. The molecule has 2 rings (SSSR count). The van der Waals surface area contributed by atoms with E-state index in [1.165, 1.54) is 28.8 Å². The van der Waals surface area contributed by atoms with Gasteiger partial charge in [-0.2, -0.15) is 16.5 Å². The number of nitrogens with zero attached hydrogens (tertiary/aromatic N) is 1. The van der Waals surface area contributed by atoms with Crippen LogP contribution in [0.4, 0.5) is 4.39 Å². The average molecular weight is 479 g/mol. The van der Waals surface area contributed by atoms with Crippen LogP contribution in [0.1, 0.15) is 12.0 Å². The van der Waals surface area contributed by atoms with E-state index in [4.69, 9.17) is 23.2 Å². The standard InChI is InChI=1S/C19H21Cl2FN2O3S2/c1-24(12-13-6-5-7-14(20)18(13)21)19(25)16(10-11-28-2)23-29(26,27)17-9-4-3-8-15(17)22/h3-9,16,23H,10-12H2,1-2H3. The summed E-state index contributed by atoms with van der Waals surface area (Å²) < 4.78 is 41.6. The molecule has 0 saturated heterocycles. The lowest BCUT2D eigenvalue weighted by Crippen LogP contribution is -2.47. The summed E-state index contributed by atoms with van der Waals surface area (Å²) in [5.74, 6) is -0.785. The quantitative estimate of drug-likeness (QED) is 0.586. The first kappa shape index (κ1) is 24.0. The van der Waals surface area contributed by atoms with Crippen LogP contribution in [0.3, 0.4) is 0 Å². The van der Waals surface area contributed by atoms with E-state index >= 15 is 0 Å². The highest BCUT2D eigenvalue weighted by molar-refractivity contribution is 7.98. The average Bonchev–Trinajstić information content (AvgIpc) is 2.68. The fourth-order valence-electron chi connectivity index (χ4n) is 2.65. The molecule has 1 amide bonds. The first-order valence-corrected chi connectivity index (χ1v) is 12.2. The number of carbonyl (C=O) groups excluding carboxylic acids is 1. The lowest BCUT2D eigenvalue weighted by atomic mass is 10.1. The minimum Gasteiger partial charge on any atom is -0.340 e. The Morgan fingerprint density at radius 1 is 1.21 bits per heavy atom. The molecule has 0 fully saturated rings. The van der Waals surface area contributed by atoms with E-state index < -0.39 is 32.7 Å². The maximum Gasteiger partial charge on any atom is 0.244 e. The second-order valence-electron chi connectivity index (χ2n) is 6.29. The predicted molar refractivity (Wildman–Crippen MR) is 116 cm³/mol. The smallest absolute Gasteiger partial charge is 0.244 e. The summed E-state index contributed by atoms with van der Waals surface area (Å²) >= 11 is 13.7. The first-order chi connectivity index (χ1) is 13.7. The van der Waals surface area contributed by atoms with Crippen molar-refractivity contribution in [3.63, 3.8) is 0 Å². The van der Waals surface area contributed by atoms with E-state index in [1.54, 1.807) is 25.2 Å². The lowest BCUT2D eigenvalue weighted by molar-refractivity contribution is -0.132. The predicted octanol–water partition coefficient (Wildman–Crippen LogP) is 4.19. The molecule has 0 aliphatic heterocycles. The molecule has 0 aliphatic carbocycles. The number of hydrogen-bond donors (Lipinski definition) is 1. The monoisotopic (exact) mass is 478 g/mol. The number of likely N-dealkylation sites (N-methyl/N-ethyl adjacent to an activating group) is 1. The number of carbonyl (C=O) groups is 1. The lowest BCUT2D eigenvalue weighted by Gasteiger charge is -2.25. The molecule has 0 spiro atoms. The summed E-state index contributed by atoms with van der Waals surface area (Å²) in [5, 5.41) is 0.700. The van der Waals surface area contributed by atoms with Gasteiger partial charge in [-0.15, -0.1) is 0 Å². The molecule has 0 aliphatic rings. The van der Waals surface area contributed by atoms with Crippen molar-refractivity contribution in [3.05, 3.63) is 63.9 Å². The molecule has 5 nitrogen and oxygen atoms in total. The normalized spacial score (nSPS) is 12.6. The van der Waals surface area contributed by atoms with E-state index in [2.05, 4.69) is 4.72 Å². The van der Waals surface area contributed by atoms with E-state index in [1.807, 2.05) is 6.26 Å². The van der Waals surface area contributed by atoms with Crippen molar-refractivity contribution in [3.8, 4) is 0 Å². The second-order valence-corrected chi connectivity index (χ2v) is 9.75. The summed E-state index contributed by atoms with van der Waals surface area (Å²) in [6.07, 6.45) is 2.10. The maximum atomic E-state index is 14.0. The van der Waals surface area contributed by atoms with Gasteiger partial charge < -0.3 is 4.90 Å². The molecule has 2 aromatic carbocycles. The SMILES string of the molecule is CSCCC(NS(=O)(=O)c1ccccc1F)C(=O)N(C)Cc1cccc(Cl)c1Cl. The Bertz CT molecular complexity index is 974. The van der Waals surface area contributed by atoms with Crippen molar-refractivity contribution in [2.75, 3.05) is 19.1 Å². The van der Waals surface area contributed by atoms with Crippen LogP contribution < -0.4 is 4.72 Å². The molecular weight excluding hydrogens is 458 g/mol. The highest BCUT2D eigenvalue weighted by atomic mass is 35.5. The molecule has 0 radical (unpaired) electrons. The van der Waals surface area contributed by atoms with Crippen molar-refractivity contribution >= 4 is 50.9 Å². The van der Waals surface area contributed by atoms with Crippen molar-refractivity contribution in [2.45, 2.75) is 23.9 Å². The number of nitrogens with one attached hydrogen (secondary N) is 1. The van der Waals surface area contributed by atoms with Gasteiger partial charge in [0.1, 0.15) is 16.8 Å². The summed E-state index contributed by atoms with van der Waals surface area (Å²) in [5.41, 5.74) is 0.635. The third-order valence-electron chi connectivity index (χ3n) is 4.15. The fourth-order valence-corrected chi connectivity index (χ4v) is 4.81. The van der Waals surface area contributed by atoms with Crippen molar-refractivity contribution < 1.29 is 17.6 Å². The maximum absolute atomic E-state index is 14.0. The molecule has 0 bridgehead atoms. The zero-order chi connectivity index (χ0) is 21.6. The van der Waals surface area contributed by atoms with Gasteiger partial charge in [0.2, 0.25) is 15.9 Å². The Morgan fingerprint density at radius 2 is 1.90 bits per heavy atom. The summed E-state index contributed by atoms with van der Waals surface area (Å²) in [7, 11) is -2.67. The minimum atomic E-state index is -4.22. The Kier molecular flexibility index (Phi) is 8.78. The third kappa shape index (κ3) is 6.33. The zero-order valence-electron chi connectivity index (χ0n) is 15.9. The van der Waals surface area contributed by atoms with E-state index in [-0.39, 0.29) is 13.0 Å². The van der Waals surface area contributed by atoms with Crippen LogP contribution in [0, 0.1) is 5.82 Å². The summed E-state index contributed by atoms with van der Waals surface area (Å²) in [6.45, 7) is 0.148. The highest BCUT2D eigenvalue weighted by Crippen LogP contribution is 2.26. The summed E-state index contributed by atoms with van der Waals surface area (Å²) in [4.78, 5) is 13.8. The van der Waals surface area contributed by atoms with Crippen LogP contribution in [0.5, 0.6) is 0 Å². The van der Waals surface area contributed by atoms with Gasteiger partial charge in [0.25, 0.3) is 0 Å². The molecule has 158 valence electrons. The molecule has 10 heteroatoms. The molecule has 0 heterocycles. The van der Waals surface area contributed by atoms with E-state index in [9.17, 15) is 17.6 Å². The number of benzene rings is 2. The van der Waals surface area contributed by atoms with Crippen LogP contribution >= 0.6 is 35.0 Å². The highest BCUT2D eigenvalue weighted by Gasteiger charge is 2.29. The topological polar surface area (TPSA) is 66.5 Å². The fraction of sp³-hybridized carbons (Fsp3) is 0.316. The van der Waals surface area contributed by atoms with Gasteiger partial charge in [0.15, 0.2) is 0 Å². The Hall–Kier alpha value is -1.32. The van der Waals surface area contributed by atoms with Crippen molar-refractivity contribution in [2.24, 2.45) is 0 Å². The van der Waals surface area contributed by atoms with E-state index in [0.29, 0.717) is 21.4 Å². The third-order valence-corrected chi connectivity index (χ3v) is 7.15. The number of halogens is 3. The molecule has 1 atom stereocenters. The number of rotatable bonds is 9. The van der Waals surface area contributed by atoms with Gasteiger partial charge in [-0.1, -0.05) is 47.5 Å². The molecule has 2 aromatic rings. The van der Waals surface area contributed by atoms with Gasteiger partial charge in [-0.3, -0.25) is 4.79 Å². The van der Waals surface area contributed by atoms with Crippen LogP contribution in [-0.4, -0.2) is 44.3 Å².